The molecule has 0 saturated carbocycles. The Kier molecular flexibility index (Phi) is 4.68. The predicted octanol–water partition coefficient (Wildman–Crippen LogP) is 3.10. The molecule has 0 spiro atoms. The van der Waals surface area contributed by atoms with Gasteiger partial charge in [-0.05, 0) is 48.7 Å². The van der Waals surface area contributed by atoms with Gasteiger partial charge in [-0.1, -0.05) is 24.3 Å². The molecule has 130 valence electrons. The van der Waals surface area contributed by atoms with Gasteiger partial charge >= 0.3 is 0 Å². The second-order valence-electron chi connectivity index (χ2n) is 6.91. The summed E-state index contributed by atoms with van der Waals surface area (Å²) in [5.74, 6) is 0. The highest BCUT2D eigenvalue weighted by molar-refractivity contribution is 5.81. The van der Waals surface area contributed by atoms with E-state index in [4.69, 9.17) is 5.73 Å². The van der Waals surface area contributed by atoms with Gasteiger partial charge in [0.15, 0.2) is 0 Å². The topological polar surface area (TPSA) is 70.0 Å². The molecule has 0 amide bonds. The number of nitrogens with one attached hydrogen (secondary N) is 2. The first-order valence-corrected chi connectivity index (χ1v) is 9.00. The average Bonchev–Trinajstić information content (AvgIpc) is 3.10. The predicted molar refractivity (Wildman–Crippen MR) is 102 cm³/mol. The van der Waals surface area contributed by atoms with Crippen LogP contribution in [0.5, 0.6) is 0 Å². The maximum Gasteiger partial charge on any atom is 0.0651 e. The van der Waals surface area contributed by atoms with Crippen LogP contribution in [0, 0.1) is 0 Å². The van der Waals surface area contributed by atoms with Crippen LogP contribution in [0.15, 0.2) is 48.7 Å². The minimum absolute atomic E-state index is 0.487. The fourth-order valence-electron chi connectivity index (χ4n) is 3.62. The van der Waals surface area contributed by atoms with Crippen molar-refractivity contribution in [2.45, 2.75) is 32.0 Å². The Hall–Kier alpha value is -2.37. The number of rotatable bonds is 5. The second kappa shape index (κ2) is 7.25. The molecule has 1 aromatic heterocycles. The summed E-state index contributed by atoms with van der Waals surface area (Å²) in [6, 6.07) is 15.5. The average molecular weight is 335 g/mol. The van der Waals surface area contributed by atoms with Crippen molar-refractivity contribution >= 4 is 16.6 Å². The number of nitrogens with zero attached hydrogens (tertiary/aromatic N) is 2. The Morgan fingerprint density at radius 2 is 2.00 bits per heavy atom. The molecule has 2 aromatic carbocycles. The highest BCUT2D eigenvalue weighted by Gasteiger charge is 2.20. The third-order valence-electron chi connectivity index (χ3n) is 4.98. The van der Waals surface area contributed by atoms with Crippen molar-refractivity contribution in [3.63, 3.8) is 0 Å². The van der Waals surface area contributed by atoms with Gasteiger partial charge in [0.1, 0.15) is 0 Å². The lowest BCUT2D eigenvalue weighted by Crippen LogP contribution is -2.41. The highest BCUT2D eigenvalue weighted by Crippen LogP contribution is 2.21. The van der Waals surface area contributed by atoms with Crippen molar-refractivity contribution in [3.8, 4) is 0 Å². The number of hydrogen-bond donors (Lipinski definition) is 3. The number of hydrogen-bond acceptors (Lipinski definition) is 4. The summed E-state index contributed by atoms with van der Waals surface area (Å²) in [6.45, 7) is 3.85. The molecule has 5 heteroatoms. The molecule has 0 bridgehead atoms. The molecule has 1 aliphatic rings. The summed E-state index contributed by atoms with van der Waals surface area (Å²) in [5, 5.41) is 11.9. The zero-order valence-corrected chi connectivity index (χ0v) is 14.4. The molecular formula is C20H25N5. The number of anilines is 1. The van der Waals surface area contributed by atoms with Gasteiger partial charge in [-0.15, -0.1) is 0 Å². The first-order valence-electron chi connectivity index (χ1n) is 9.00. The second-order valence-corrected chi connectivity index (χ2v) is 6.91. The number of piperidine rings is 1. The first kappa shape index (κ1) is 16.1. The molecule has 2 heterocycles. The van der Waals surface area contributed by atoms with Crippen molar-refractivity contribution in [3.05, 3.63) is 59.8 Å². The minimum atomic E-state index is 0.487. The third-order valence-corrected chi connectivity index (χ3v) is 4.98. The Balaban J connectivity index is 1.38. The molecule has 3 aromatic rings. The molecule has 25 heavy (non-hydrogen) atoms. The van der Waals surface area contributed by atoms with E-state index in [1.165, 1.54) is 29.7 Å². The molecule has 1 fully saturated rings. The van der Waals surface area contributed by atoms with Gasteiger partial charge in [-0.25, -0.2) is 0 Å². The minimum Gasteiger partial charge on any atom is -0.381 e. The van der Waals surface area contributed by atoms with Crippen molar-refractivity contribution in [2.24, 2.45) is 5.73 Å². The van der Waals surface area contributed by atoms with Gasteiger partial charge < -0.3 is 11.1 Å². The molecule has 4 rings (SSSR count). The maximum atomic E-state index is 5.68. The van der Waals surface area contributed by atoms with Crippen LogP contribution in [0.3, 0.4) is 0 Å². The lowest BCUT2D eigenvalue weighted by Gasteiger charge is -2.33. The molecule has 0 radical (unpaired) electrons. The Bertz CT molecular complexity index is 823. The maximum absolute atomic E-state index is 5.68. The van der Waals surface area contributed by atoms with Crippen molar-refractivity contribution in [2.75, 3.05) is 18.4 Å². The molecule has 0 unspecified atom stereocenters. The number of likely N-dealkylation sites (tertiary alicyclic amines) is 1. The summed E-state index contributed by atoms with van der Waals surface area (Å²) in [7, 11) is 0. The molecular weight excluding hydrogens is 310 g/mol. The van der Waals surface area contributed by atoms with E-state index in [0.717, 1.165) is 30.5 Å². The van der Waals surface area contributed by atoms with Crippen LogP contribution >= 0.6 is 0 Å². The van der Waals surface area contributed by atoms with Crippen LogP contribution in [0.2, 0.25) is 0 Å². The zero-order valence-electron chi connectivity index (χ0n) is 14.4. The molecule has 1 saturated heterocycles. The lowest BCUT2D eigenvalue weighted by atomic mass is 10.0. The van der Waals surface area contributed by atoms with Crippen molar-refractivity contribution < 1.29 is 0 Å². The number of aromatic nitrogens is 2. The monoisotopic (exact) mass is 335 g/mol. The van der Waals surface area contributed by atoms with E-state index < -0.39 is 0 Å². The molecule has 1 atom stereocenters. The SMILES string of the molecule is NCc1ccc(CN2CCC[C@@H](Nc3ccc4[nH]ncc4c3)C2)cc1. The largest absolute Gasteiger partial charge is 0.381 e. The van der Waals surface area contributed by atoms with Gasteiger partial charge in [-0.3, -0.25) is 10.00 Å². The lowest BCUT2D eigenvalue weighted by molar-refractivity contribution is 0.208. The quantitative estimate of drug-likeness (QED) is 0.670. The summed E-state index contributed by atoms with van der Waals surface area (Å²) in [6.07, 6.45) is 4.32. The van der Waals surface area contributed by atoms with Crippen LogP contribution in [-0.2, 0) is 13.1 Å². The number of aromatic amines is 1. The van der Waals surface area contributed by atoms with Gasteiger partial charge in [0, 0.05) is 36.7 Å². The van der Waals surface area contributed by atoms with Crippen molar-refractivity contribution in [1.29, 1.82) is 0 Å². The highest BCUT2D eigenvalue weighted by atomic mass is 15.2. The van der Waals surface area contributed by atoms with Gasteiger partial charge in [-0.2, -0.15) is 5.10 Å². The third kappa shape index (κ3) is 3.83. The van der Waals surface area contributed by atoms with Crippen molar-refractivity contribution in [1.82, 2.24) is 15.1 Å². The van der Waals surface area contributed by atoms with Crippen LogP contribution in [0.1, 0.15) is 24.0 Å². The van der Waals surface area contributed by atoms with E-state index in [-0.39, 0.29) is 0 Å². The zero-order chi connectivity index (χ0) is 17.1. The van der Waals surface area contributed by atoms with E-state index in [9.17, 15) is 0 Å². The standard InChI is InChI=1S/C20H25N5/c21-11-15-3-5-16(6-4-15)13-25-9-1-2-19(14-25)23-18-7-8-20-17(10-18)12-22-24-20/h3-8,10,12,19,23H,1-2,9,11,13-14,21H2,(H,22,24)/t19-/m1/s1. The smallest absolute Gasteiger partial charge is 0.0651 e. The van der Waals surface area contributed by atoms with E-state index in [2.05, 4.69) is 62.9 Å². The Labute approximate surface area is 148 Å². The molecule has 0 aliphatic carbocycles. The molecule has 5 nitrogen and oxygen atoms in total. The summed E-state index contributed by atoms with van der Waals surface area (Å²) in [5.41, 5.74) is 10.5. The van der Waals surface area contributed by atoms with Crippen LogP contribution in [0.25, 0.3) is 10.9 Å². The Morgan fingerprint density at radius 3 is 2.84 bits per heavy atom. The first-order chi connectivity index (χ1) is 12.3. The summed E-state index contributed by atoms with van der Waals surface area (Å²) in [4.78, 5) is 2.54. The fourth-order valence-corrected chi connectivity index (χ4v) is 3.62. The van der Waals surface area contributed by atoms with E-state index >= 15 is 0 Å². The summed E-state index contributed by atoms with van der Waals surface area (Å²) < 4.78 is 0. The Morgan fingerprint density at radius 1 is 1.16 bits per heavy atom. The molecule has 4 N–H and O–H groups in total. The summed E-state index contributed by atoms with van der Waals surface area (Å²) >= 11 is 0. The number of benzene rings is 2. The fraction of sp³-hybridized carbons (Fsp3) is 0.350. The normalized spacial score (nSPS) is 18.5. The van der Waals surface area contributed by atoms with Gasteiger partial charge in [0.25, 0.3) is 0 Å². The van der Waals surface area contributed by atoms with Gasteiger partial charge in [0.05, 0.1) is 11.7 Å². The number of H-pyrrole nitrogens is 1. The molecule has 1 aliphatic heterocycles. The van der Waals surface area contributed by atoms with Crippen LogP contribution in [0.4, 0.5) is 5.69 Å². The van der Waals surface area contributed by atoms with E-state index in [0.29, 0.717) is 12.6 Å². The van der Waals surface area contributed by atoms with Crippen LogP contribution < -0.4 is 11.1 Å². The van der Waals surface area contributed by atoms with E-state index in [1.54, 1.807) is 0 Å². The van der Waals surface area contributed by atoms with E-state index in [1.807, 2.05) is 6.20 Å². The number of fused-ring (bicyclic) bond motifs is 1. The van der Waals surface area contributed by atoms with Gasteiger partial charge in [0.2, 0.25) is 0 Å². The number of nitrogens with two attached hydrogens (primary N) is 1. The van der Waals surface area contributed by atoms with Crippen LogP contribution in [-0.4, -0.2) is 34.2 Å².